The molecule has 1 unspecified atom stereocenters. The predicted molar refractivity (Wildman–Crippen MR) is 113 cm³/mol. The Morgan fingerprint density at radius 3 is 2.60 bits per heavy atom. The number of piperidine rings is 3. The van der Waals surface area contributed by atoms with Crippen LogP contribution in [0.4, 0.5) is 0 Å². The maximum atomic E-state index is 13.4. The number of fused-ring (bicyclic) bond motifs is 6. The highest BCUT2D eigenvalue weighted by Crippen LogP contribution is 2.42. The van der Waals surface area contributed by atoms with Crippen LogP contribution in [0.2, 0.25) is 0 Å². The Morgan fingerprint density at radius 1 is 1.23 bits per heavy atom. The largest absolute Gasteiger partial charge is 0.479 e. The topological polar surface area (TPSA) is 80.6 Å². The summed E-state index contributed by atoms with van der Waals surface area (Å²) in [6.07, 6.45) is 5.21. The number of nitrogens with zero attached hydrogens (tertiary/aromatic N) is 2. The smallest absolute Gasteiger partial charge is 0.255 e. The number of amides is 1. The van der Waals surface area contributed by atoms with Gasteiger partial charge in [-0.05, 0) is 70.0 Å². The third-order valence-corrected chi connectivity index (χ3v) is 7.76. The number of benzene rings is 1. The molecule has 2 aromatic rings. The van der Waals surface area contributed by atoms with Crippen molar-refractivity contribution < 1.29 is 17.9 Å². The lowest BCUT2D eigenvalue weighted by atomic mass is 9.84. The summed E-state index contributed by atoms with van der Waals surface area (Å²) in [6, 6.07) is 6.97. The van der Waals surface area contributed by atoms with E-state index in [0.29, 0.717) is 17.4 Å². The van der Waals surface area contributed by atoms with Crippen LogP contribution in [0.15, 0.2) is 35.4 Å². The van der Waals surface area contributed by atoms with Gasteiger partial charge in [-0.25, -0.2) is 8.42 Å². The van der Waals surface area contributed by atoms with Crippen molar-refractivity contribution in [2.45, 2.75) is 43.2 Å². The van der Waals surface area contributed by atoms with Crippen molar-refractivity contribution >= 4 is 15.7 Å². The molecule has 0 spiro atoms. The molecule has 1 aromatic heterocycles. The van der Waals surface area contributed by atoms with Crippen molar-refractivity contribution in [3.05, 3.63) is 41.7 Å². The quantitative estimate of drug-likeness (QED) is 0.810. The number of ether oxygens (including phenoxy) is 1. The van der Waals surface area contributed by atoms with Gasteiger partial charge in [0.15, 0.2) is 15.6 Å². The highest BCUT2D eigenvalue weighted by molar-refractivity contribution is 7.90. The van der Waals surface area contributed by atoms with Gasteiger partial charge in [-0.1, -0.05) is 0 Å². The molecular weight excluding hydrogens is 402 g/mol. The maximum absolute atomic E-state index is 13.4. The minimum atomic E-state index is -3.51. The molecule has 3 fully saturated rings. The van der Waals surface area contributed by atoms with Gasteiger partial charge in [0, 0.05) is 25.0 Å². The lowest BCUT2D eigenvalue weighted by Gasteiger charge is -2.45. The molecule has 4 aliphatic rings. The summed E-state index contributed by atoms with van der Waals surface area (Å²) < 4.78 is 33.0. The molecule has 1 N–H and O–H groups in total. The van der Waals surface area contributed by atoms with E-state index in [4.69, 9.17) is 4.74 Å². The predicted octanol–water partition coefficient (Wildman–Crippen LogP) is 2.33. The number of carbonyl (C=O) groups excluding carboxylic acids is 1. The average molecular weight is 430 g/mol. The molecule has 0 radical (unpaired) electrons. The minimum Gasteiger partial charge on any atom is -0.479 e. The molecule has 0 aliphatic carbocycles. The Bertz CT molecular complexity index is 1130. The van der Waals surface area contributed by atoms with Gasteiger partial charge in [0.25, 0.3) is 5.91 Å². The van der Waals surface area contributed by atoms with Crippen LogP contribution in [-0.4, -0.2) is 55.7 Å². The van der Waals surface area contributed by atoms with E-state index in [1.807, 2.05) is 36.7 Å². The number of hydrogen-bond acceptors (Lipinski definition) is 5. The monoisotopic (exact) mass is 429 g/mol. The van der Waals surface area contributed by atoms with E-state index >= 15 is 0 Å². The summed E-state index contributed by atoms with van der Waals surface area (Å²) in [6.45, 7) is 6.91. The molecule has 5 heterocycles. The lowest BCUT2D eigenvalue weighted by Crippen LogP contribution is -2.57. The van der Waals surface area contributed by atoms with Gasteiger partial charge in [0.05, 0.1) is 21.8 Å². The van der Waals surface area contributed by atoms with Gasteiger partial charge in [0.1, 0.15) is 5.60 Å². The SMILES string of the molecule is CC1(C)Oc2c(C(=O)NC3CN4CCC3CC4)cc(S(C)(=O)=O)cc2-n2cccc21. The number of hydrogen-bond donors (Lipinski definition) is 1. The molecule has 3 saturated heterocycles. The van der Waals surface area contributed by atoms with Crippen LogP contribution in [0.1, 0.15) is 42.7 Å². The Labute approximate surface area is 176 Å². The minimum absolute atomic E-state index is 0.0799. The fraction of sp³-hybridized carbons (Fsp3) is 0.500. The molecule has 6 rings (SSSR count). The van der Waals surface area contributed by atoms with Gasteiger partial charge in [0.2, 0.25) is 0 Å². The first-order chi connectivity index (χ1) is 14.1. The molecule has 8 heteroatoms. The first-order valence-corrected chi connectivity index (χ1v) is 12.3. The zero-order chi connectivity index (χ0) is 21.3. The van der Waals surface area contributed by atoms with Crippen LogP contribution >= 0.6 is 0 Å². The molecule has 0 saturated carbocycles. The van der Waals surface area contributed by atoms with Gasteiger partial charge in [-0.3, -0.25) is 4.79 Å². The van der Waals surface area contributed by atoms with Gasteiger partial charge >= 0.3 is 0 Å². The first kappa shape index (κ1) is 19.6. The Kier molecular flexibility index (Phi) is 4.31. The summed E-state index contributed by atoms with van der Waals surface area (Å²) in [5.41, 5.74) is 1.12. The van der Waals surface area contributed by atoms with Crippen molar-refractivity contribution in [3.8, 4) is 11.4 Å². The first-order valence-electron chi connectivity index (χ1n) is 10.4. The van der Waals surface area contributed by atoms with Crippen LogP contribution in [0.25, 0.3) is 5.69 Å². The molecule has 2 bridgehead atoms. The second-order valence-corrected chi connectivity index (χ2v) is 11.2. The summed E-state index contributed by atoms with van der Waals surface area (Å²) in [5, 5.41) is 3.18. The van der Waals surface area contributed by atoms with Gasteiger partial charge in [-0.15, -0.1) is 0 Å². The summed E-state index contributed by atoms with van der Waals surface area (Å²) >= 11 is 0. The summed E-state index contributed by atoms with van der Waals surface area (Å²) in [7, 11) is -3.51. The maximum Gasteiger partial charge on any atom is 0.255 e. The fourth-order valence-electron chi connectivity index (χ4n) is 5.02. The van der Waals surface area contributed by atoms with E-state index in [1.165, 1.54) is 6.07 Å². The standard InChI is InChI=1S/C22H27N3O4S/c1-22(2)19-5-4-8-25(19)18-12-15(30(3,27)28)11-16(20(18)29-22)21(26)23-17-13-24-9-6-14(17)7-10-24/h4-5,8,11-12,14,17H,6-7,9-10,13H2,1-3H3,(H,23,26). The molecular formula is C22H27N3O4S. The zero-order valence-electron chi connectivity index (χ0n) is 17.5. The number of nitrogens with one attached hydrogen (secondary N) is 1. The van der Waals surface area contributed by atoms with E-state index < -0.39 is 15.4 Å². The van der Waals surface area contributed by atoms with Crippen molar-refractivity contribution in [2.75, 3.05) is 25.9 Å². The normalized spacial score (nSPS) is 26.4. The number of rotatable bonds is 3. The van der Waals surface area contributed by atoms with Crippen LogP contribution in [0.5, 0.6) is 5.75 Å². The Balaban J connectivity index is 1.60. The van der Waals surface area contributed by atoms with Crippen molar-refractivity contribution in [2.24, 2.45) is 5.92 Å². The van der Waals surface area contributed by atoms with E-state index in [2.05, 4.69) is 10.2 Å². The third kappa shape index (κ3) is 3.13. The molecule has 1 atom stereocenters. The van der Waals surface area contributed by atoms with E-state index in [0.717, 1.165) is 44.4 Å². The molecule has 1 amide bonds. The third-order valence-electron chi connectivity index (χ3n) is 6.67. The van der Waals surface area contributed by atoms with Crippen LogP contribution < -0.4 is 10.1 Å². The fourth-order valence-corrected chi connectivity index (χ4v) is 5.68. The molecule has 7 nitrogen and oxygen atoms in total. The zero-order valence-corrected chi connectivity index (χ0v) is 18.3. The Hall–Kier alpha value is -2.32. The number of carbonyl (C=O) groups is 1. The number of sulfone groups is 1. The average Bonchev–Trinajstić information content (AvgIpc) is 3.19. The second kappa shape index (κ2) is 6.59. The summed E-state index contributed by atoms with van der Waals surface area (Å²) in [5.74, 6) is 0.623. The molecule has 30 heavy (non-hydrogen) atoms. The van der Waals surface area contributed by atoms with Crippen LogP contribution in [0, 0.1) is 5.92 Å². The van der Waals surface area contributed by atoms with E-state index in [-0.39, 0.29) is 22.4 Å². The highest BCUT2D eigenvalue weighted by Gasteiger charge is 2.38. The second-order valence-electron chi connectivity index (χ2n) is 9.19. The van der Waals surface area contributed by atoms with E-state index in [1.54, 1.807) is 6.07 Å². The van der Waals surface area contributed by atoms with Gasteiger partial charge < -0.3 is 19.5 Å². The van der Waals surface area contributed by atoms with E-state index in [9.17, 15) is 13.2 Å². The molecule has 1 aromatic carbocycles. The van der Waals surface area contributed by atoms with Crippen molar-refractivity contribution in [1.82, 2.24) is 14.8 Å². The van der Waals surface area contributed by atoms with Crippen LogP contribution in [-0.2, 0) is 15.4 Å². The summed E-state index contributed by atoms with van der Waals surface area (Å²) in [4.78, 5) is 15.9. The molecule has 160 valence electrons. The van der Waals surface area contributed by atoms with Crippen molar-refractivity contribution in [3.63, 3.8) is 0 Å². The molecule has 4 aliphatic heterocycles. The van der Waals surface area contributed by atoms with Crippen molar-refractivity contribution in [1.29, 1.82) is 0 Å². The van der Waals surface area contributed by atoms with Crippen LogP contribution in [0.3, 0.4) is 0 Å². The highest BCUT2D eigenvalue weighted by atomic mass is 32.2. The number of aromatic nitrogens is 1. The lowest BCUT2D eigenvalue weighted by molar-refractivity contribution is 0.0605. The Morgan fingerprint density at radius 2 is 1.97 bits per heavy atom. The van der Waals surface area contributed by atoms with Gasteiger partial charge in [-0.2, -0.15) is 0 Å².